The van der Waals surface area contributed by atoms with Crippen LogP contribution in [0.1, 0.15) is 24.5 Å². The van der Waals surface area contributed by atoms with Crippen LogP contribution < -0.4 is 10.6 Å². The molecule has 0 unspecified atom stereocenters. The summed E-state index contributed by atoms with van der Waals surface area (Å²) in [6.07, 6.45) is 2.55. The zero-order valence-electron chi connectivity index (χ0n) is 13.0. The van der Waals surface area contributed by atoms with Gasteiger partial charge in [0.05, 0.1) is 6.42 Å². The van der Waals surface area contributed by atoms with Crippen molar-refractivity contribution in [3.05, 3.63) is 35.4 Å². The van der Waals surface area contributed by atoms with E-state index in [0.717, 1.165) is 57.7 Å². The van der Waals surface area contributed by atoms with E-state index in [1.165, 1.54) is 5.56 Å². The molecule has 0 atom stereocenters. The third-order valence-corrected chi connectivity index (χ3v) is 3.98. The largest absolute Gasteiger partial charge is 0.356 e. The molecular formula is C17H27N3O. The van der Waals surface area contributed by atoms with Crippen LogP contribution in [-0.4, -0.2) is 50.1 Å². The lowest BCUT2D eigenvalue weighted by Gasteiger charge is -2.27. The molecule has 0 spiro atoms. The molecule has 0 radical (unpaired) electrons. The maximum absolute atomic E-state index is 11.9. The Hall–Kier alpha value is -1.39. The number of nitrogens with zero attached hydrogens (tertiary/aromatic N) is 1. The standard InChI is InChI=1S/C17H27N3O/c1-2-15-4-6-16(7-5-15)14-17(21)19-8-3-11-20-12-9-18-10-13-20/h4-7,18H,2-3,8-14H2,1H3,(H,19,21). The van der Waals surface area contributed by atoms with Crippen LogP contribution in [0.4, 0.5) is 0 Å². The fourth-order valence-electron chi connectivity index (χ4n) is 2.61. The summed E-state index contributed by atoms with van der Waals surface area (Å²) in [5.41, 5.74) is 2.40. The first kappa shape index (κ1) is 16.0. The summed E-state index contributed by atoms with van der Waals surface area (Å²) in [4.78, 5) is 14.3. The number of amides is 1. The van der Waals surface area contributed by atoms with Crippen molar-refractivity contribution in [2.45, 2.75) is 26.2 Å². The van der Waals surface area contributed by atoms with Crippen molar-refractivity contribution in [1.29, 1.82) is 0 Å². The van der Waals surface area contributed by atoms with Gasteiger partial charge in [-0.15, -0.1) is 0 Å². The molecule has 0 aliphatic carbocycles. The van der Waals surface area contributed by atoms with Gasteiger partial charge in [0.25, 0.3) is 0 Å². The Morgan fingerprint density at radius 2 is 1.86 bits per heavy atom. The predicted molar refractivity (Wildman–Crippen MR) is 86.5 cm³/mol. The summed E-state index contributed by atoms with van der Waals surface area (Å²) >= 11 is 0. The molecule has 21 heavy (non-hydrogen) atoms. The third kappa shape index (κ3) is 5.86. The Kier molecular flexibility index (Phi) is 6.70. The summed E-state index contributed by atoms with van der Waals surface area (Å²) in [5.74, 6) is 0.125. The lowest BCUT2D eigenvalue weighted by molar-refractivity contribution is -0.120. The van der Waals surface area contributed by atoms with Crippen molar-refractivity contribution < 1.29 is 4.79 Å². The number of hydrogen-bond acceptors (Lipinski definition) is 3. The molecule has 116 valence electrons. The van der Waals surface area contributed by atoms with Crippen LogP contribution in [0, 0.1) is 0 Å². The van der Waals surface area contributed by atoms with E-state index in [2.05, 4.69) is 46.7 Å². The maximum Gasteiger partial charge on any atom is 0.224 e. The Morgan fingerprint density at radius 1 is 1.19 bits per heavy atom. The molecule has 1 saturated heterocycles. The van der Waals surface area contributed by atoms with Crippen molar-refractivity contribution in [2.75, 3.05) is 39.3 Å². The Morgan fingerprint density at radius 3 is 2.52 bits per heavy atom. The van der Waals surface area contributed by atoms with Gasteiger partial charge in [0.15, 0.2) is 0 Å². The van der Waals surface area contributed by atoms with Crippen LogP contribution in [-0.2, 0) is 17.6 Å². The Labute approximate surface area is 127 Å². The second-order valence-electron chi connectivity index (χ2n) is 5.64. The zero-order valence-corrected chi connectivity index (χ0v) is 13.0. The molecule has 1 aromatic carbocycles. The number of nitrogens with one attached hydrogen (secondary N) is 2. The normalized spacial score (nSPS) is 15.9. The molecule has 1 aliphatic heterocycles. The summed E-state index contributed by atoms with van der Waals surface area (Å²) in [7, 11) is 0. The van der Waals surface area contributed by atoms with Crippen LogP contribution in [0.15, 0.2) is 24.3 Å². The number of benzene rings is 1. The highest BCUT2D eigenvalue weighted by Gasteiger charge is 2.08. The van der Waals surface area contributed by atoms with Gasteiger partial charge < -0.3 is 15.5 Å². The molecule has 2 N–H and O–H groups in total. The van der Waals surface area contributed by atoms with Crippen LogP contribution in [0.5, 0.6) is 0 Å². The lowest BCUT2D eigenvalue weighted by Crippen LogP contribution is -2.44. The number of carbonyl (C=O) groups is 1. The van der Waals surface area contributed by atoms with E-state index in [4.69, 9.17) is 0 Å². The van der Waals surface area contributed by atoms with Crippen molar-refractivity contribution in [2.24, 2.45) is 0 Å². The quantitative estimate of drug-likeness (QED) is 0.742. The van der Waals surface area contributed by atoms with Crippen LogP contribution >= 0.6 is 0 Å². The Balaban J connectivity index is 1.60. The minimum Gasteiger partial charge on any atom is -0.356 e. The molecule has 0 bridgehead atoms. The molecule has 1 aliphatic rings. The van der Waals surface area contributed by atoms with E-state index in [-0.39, 0.29) is 5.91 Å². The lowest BCUT2D eigenvalue weighted by atomic mass is 10.1. The van der Waals surface area contributed by atoms with Gasteiger partial charge in [-0.1, -0.05) is 31.2 Å². The molecule has 1 aromatic rings. The molecule has 0 saturated carbocycles. The summed E-state index contributed by atoms with van der Waals surface area (Å²) in [6, 6.07) is 8.32. The minimum atomic E-state index is 0.125. The SMILES string of the molecule is CCc1ccc(CC(=O)NCCCN2CCNCC2)cc1. The zero-order chi connectivity index (χ0) is 14.9. The molecule has 4 heteroatoms. The van der Waals surface area contributed by atoms with E-state index in [1.807, 2.05) is 0 Å². The second kappa shape index (κ2) is 8.80. The number of piperazine rings is 1. The monoisotopic (exact) mass is 289 g/mol. The molecular weight excluding hydrogens is 262 g/mol. The fraction of sp³-hybridized carbons (Fsp3) is 0.588. The van der Waals surface area contributed by atoms with Gasteiger partial charge in [-0.2, -0.15) is 0 Å². The average Bonchev–Trinajstić information content (AvgIpc) is 2.53. The molecule has 4 nitrogen and oxygen atoms in total. The summed E-state index contributed by atoms with van der Waals surface area (Å²) < 4.78 is 0. The third-order valence-electron chi connectivity index (χ3n) is 3.98. The van der Waals surface area contributed by atoms with Gasteiger partial charge in [0.1, 0.15) is 0 Å². The first-order valence-corrected chi connectivity index (χ1v) is 8.05. The molecule has 1 heterocycles. The van der Waals surface area contributed by atoms with Crippen LogP contribution in [0.2, 0.25) is 0 Å². The van der Waals surface area contributed by atoms with Gasteiger partial charge in [0, 0.05) is 32.7 Å². The highest BCUT2D eigenvalue weighted by molar-refractivity contribution is 5.78. The van der Waals surface area contributed by atoms with Crippen molar-refractivity contribution in [3.63, 3.8) is 0 Å². The molecule has 0 aromatic heterocycles. The highest BCUT2D eigenvalue weighted by atomic mass is 16.1. The molecule has 1 fully saturated rings. The summed E-state index contributed by atoms with van der Waals surface area (Å²) in [6.45, 7) is 8.40. The summed E-state index contributed by atoms with van der Waals surface area (Å²) in [5, 5.41) is 6.37. The van der Waals surface area contributed by atoms with Crippen molar-refractivity contribution in [3.8, 4) is 0 Å². The number of rotatable bonds is 7. The fourth-order valence-corrected chi connectivity index (χ4v) is 2.61. The van der Waals surface area contributed by atoms with E-state index >= 15 is 0 Å². The number of carbonyl (C=O) groups excluding carboxylic acids is 1. The predicted octanol–water partition coefficient (Wildman–Crippen LogP) is 1.20. The maximum atomic E-state index is 11.9. The minimum absolute atomic E-state index is 0.125. The van der Waals surface area contributed by atoms with Crippen LogP contribution in [0.25, 0.3) is 0 Å². The number of hydrogen-bond donors (Lipinski definition) is 2. The molecule has 1 amide bonds. The van der Waals surface area contributed by atoms with E-state index < -0.39 is 0 Å². The van der Waals surface area contributed by atoms with Gasteiger partial charge in [-0.05, 0) is 30.5 Å². The molecule has 2 rings (SSSR count). The first-order valence-electron chi connectivity index (χ1n) is 8.05. The second-order valence-corrected chi connectivity index (χ2v) is 5.64. The van der Waals surface area contributed by atoms with Gasteiger partial charge in [0.2, 0.25) is 5.91 Å². The first-order chi connectivity index (χ1) is 10.3. The van der Waals surface area contributed by atoms with Gasteiger partial charge >= 0.3 is 0 Å². The van der Waals surface area contributed by atoms with E-state index in [9.17, 15) is 4.79 Å². The van der Waals surface area contributed by atoms with E-state index in [0.29, 0.717) is 6.42 Å². The van der Waals surface area contributed by atoms with Crippen molar-refractivity contribution in [1.82, 2.24) is 15.5 Å². The van der Waals surface area contributed by atoms with Gasteiger partial charge in [-0.3, -0.25) is 4.79 Å². The van der Waals surface area contributed by atoms with Gasteiger partial charge in [-0.25, -0.2) is 0 Å². The Bertz CT molecular complexity index is 424. The average molecular weight is 289 g/mol. The highest BCUT2D eigenvalue weighted by Crippen LogP contribution is 2.05. The smallest absolute Gasteiger partial charge is 0.224 e. The van der Waals surface area contributed by atoms with Crippen LogP contribution in [0.3, 0.4) is 0 Å². The van der Waals surface area contributed by atoms with Crippen molar-refractivity contribution >= 4 is 5.91 Å². The van der Waals surface area contributed by atoms with E-state index in [1.54, 1.807) is 0 Å². The topological polar surface area (TPSA) is 44.4 Å². The number of aryl methyl sites for hydroxylation is 1.